The number of ether oxygens (including phenoxy) is 1. The van der Waals surface area contributed by atoms with E-state index in [4.69, 9.17) is 21.4 Å². The smallest absolute Gasteiger partial charge is 0.192 e. The lowest BCUT2D eigenvalue weighted by Crippen LogP contribution is -2.48. The Labute approximate surface area is 149 Å². The van der Waals surface area contributed by atoms with Gasteiger partial charge in [0.1, 0.15) is 5.75 Å². The fourth-order valence-electron chi connectivity index (χ4n) is 3.25. The van der Waals surface area contributed by atoms with Crippen molar-refractivity contribution in [3.05, 3.63) is 63.1 Å². The summed E-state index contributed by atoms with van der Waals surface area (Å²) in [4.78, 5) is 0. The van der Waals surface area contributed by atoms with Crippen molar-refractivity contribution in [1.82, 2.24) is 5.01 Å². The Balaban J connectivity index is 1.77. The summed E-state index contributed by atoms with van der Waals surface area (Å²) in [6.45, 7) is 4.09. The van der Waals surface area contributed by atoms with Crippen LogP contribution in [0.4, 0.5) is 0 Å². The maximum Gasteiger partial charge on any atom is 0.192 e. The van der Waals surface area contributed by atoms with Gasteiger partial charge < -0.3 is 4.74 Å². The molecule has 0 saturated carbocycles. The van der Waals surface area contributed by atoms with Gasteiger partial charge in [0.2, 0.25) is 0 Å². The van der Waals surface area contributed by atoms with Crippen molar-refractivity contribution < 1.29 is 4.74 Å². The number of nitrogens with zero attached hydrogens (tertiary/aromatic N) is 2. The largest absolute Gasteiger partial charge is 0.467 e. The molecule has 118 valence electrons. The van der Waals surface area contributed by atoms with Crippen LogP contribution >= 0.6 is 27.5 Å². The van der Waals surface area contributed by atoms with E-state index in [0.717, 1.165) is 38.5 Å². The van der Waals surface area contributed by atoms with Crippen LogP contribution in [0.15, 0.2) is 52.0 Å². The van der Waals surface area contributed by atoms with Gasteiger partial charge in [-0.3, -0.25) is 0 Å². The fourth-order valence-corrected chi connectivity index (χ4v) is 3.70. The number of hydrogen-bond donors (Lipinski definition) is 0. The Bertz CT molecular complexity index is 801. The minimum absolute atomic E-state index is 0.158. The standard InChI is InChI=1S/C18H16BrClN2O/c1-18(2)22-16(14-9-13(20)7-8-17(14)23-18)10-15(21-22)11-3-5-12(19)6-4-11/h3-9,16H,10H2,1-2H3. The van der Waals surface area contributed by atoms with Gasteiger partial charge in [-0.2, -0.15) is 5.10 Å². The molecule has 0 fully saturated rings. The van der Waals surface area contributed by atoms with E-state index in [0.29, 0.717) is 0 Å². The normalized spacial score (nSPS) is 21.3. The Hall–Kier alpha value is -1.52. The third-order valence-corrected chi connectivity index (χ3v) is 5.09. The van der Waals surface area contributed by atoms with Gasteiger partial charge in [0.05, 0.1) is 11.8 Å². The maximum atomic E-state index is 6.19. The zero-order valence-corrected chi connectivity index (χ0v) is 15.2. The molecule has 0 spiro atoms. The van der Waals surface area contributed by atoms with E-state index in [1.165, 1.54) is 0 Å². The van der Waals surface area contributed by atoms with Crippen LogP contribution in [0.1, 0.15) is 37.4 Å². The Morgan fingerprint density at radius 3 is 2.70 bits per heavy atom. The average Bonchev–Trinajstić information content (AvgIpc) is 2.95. The Morgan fingerprint density at radius 2 is 1.96 bits per heavy atom. The van der Waals surface area contributed by atoms with E-state index in [1.54, 1.807) is 0 Å². The Morgan fingerprint density at radius 1 is 1.22 bits per heavy atom. The molecule has 2 heterocycles. The minimum atomic E-state index is -0.484. The van der Waals surface area contributed by atoms with Gasteiger partial charge in [0.15, 0.2) is 5.72 Å². The Kier molecular flexibility index (Phi) is 3.43. The summed E-state index contributed by atoms with van der Waals surface area (Å²) in [6, 6.07) is 14.2. The number of rotatable bonds is 1. The predicted octanol–water partition coefficient (Wildman–Crippen LogP) is 5.38. The van der Waals surface area contributed by atoms with Gasteiger partial charge in [-0.1, -0.05) is 39.7 Å². The van der Waals surface area contributed by atoms with E-state index in [2.05, 4.69) is 33.1 Å². The van der Waals surface area contributed by atoms with E-state index in [1.807, 2.05) is 44.2 Å². The lowest BCUT2D eigenvalue weighted by Gasteiger charge is -2.43. The molecule has 23 heavy (non-hydrogen) atoms. The average molecular weight is 392 g/mol. The molecular weight excluding hydrogens is 376 g/mol. The second kappa shape index (κ2) is 5.25. The topological polar surface area (TPSA) is 24.8 Å². The van der Waals surface area contributed by atoms with Crippen molar-refractivity contribution in [3.8, 4) is 5.75 Å². The molecule has 0 aromatic heterocycles. The number of benzene rings is 2. The van der Waals surface area contributed by atoms with Crippen LogP contribution in [-0.2, 0) is 0 Å². The van der Waals surface area contributed by atoms with Gasteiger partial charge in [-0.15, -0.1) is 0 Å². The van der Waals surface area contributed by atoms with Crippen LogP contribution in [0.2, 0.25) is 5.02 Å². The van der Waals surface area contributed by atoms with Crippen LogP contribution in [0, 0.1) is 0 Å². The third-order valence-electron chi connectivity index (χ3n) is 4.33. The van der Waals surface area contributed by atoms with E-state index in [-0.39, 0.29) is 6.04 Å². The second-order valence-electron chi connectivity index (χ2n) is 6.35. The number of fused-ring (bicyclic) bond motifs is 3. The van der Waals surface area contributed by atoms with Gasteiger partial charge in [-0.25, -0.2) is 5.01 Å². The SMILES string of the molecule is CC1(C)Oc2ccc(Cl)cc2C2CC(c3ccc(Br)cc3)=NN21. The molecule has 2 aliphatic heterocycles. The fraction of sp³-hybridized carbons (Fsp3) is 0.278. The quantitative estimate of drug-likeness (QED) is 0.652. The molecular formula is C18H16BrClN2O. The second-order valence-corrected chi connectivity index (χ2v) is 7.70. The van der Waals surface area contributed by atoms with Crippen LogP contribution < -0.4 is 4.74 Å². The highest BCUT2D eigenvalue weighted by Gasteiger charge is 2.44. The highest BCUT2D eigenvalue weighted by Crippen LogP contribution is 2.47. The number of halogens is 2. The zero-order valence-electron chi connectivity index (χ0n) is 12.9. The predicted molar refractivity (Wildman–Crippen MR) is 96.0 cm³/mol. The van der Waals surface area contributed by atoms with E-state index < -0.39 is 5.72 Å². The first-order valence-corrected chi connectivity index (χ1v) is 8.72. The molecule has 0 saturated heterocycles. The minimum Gasteiger partial charge on any atom is -0.467 e. The molecule has 0 N–H and O–H groups in total. The third kappa shape index (κ3) is 2.54. The molecule has 1 unspecified atom stereocenters. The van der Waals surface area contributed by atoms with Gasteiger partial charge in [0, 0.05) is 21.5 Å². The van der Waals surface area contributed by atoms with Gasteiger partial charge in [-0.05, 0) is 49.7 Å². The van der Waals surface area contributed by atoms with Crippen molar-refractivity contribution in [2.75, 3.05) is 0 Å². The van der Waals surface area contributed by atoms with Crippen molar-refractivity contribution in [2.24, 2.45) is 5.10 Å². The summed E-state index contributed by atoms with van der Waals surface area (Å²) in [5.74, 6) is 0.896. The van der Waals surface area contributed by atoms with Crippen LogP contribution in [0.25, 0.3) is 0 Å². The van der Waals surface area contributed by atoms with Gasteiger partial charge >= 0.3 is 0 Å². The first kappa shape index (κ1) is 15.0. The highest BCUT2D eigenvalue weighted by atomic mass is 79.9. The molecule has 2 aromatic carbocycles. The highest BCUT2D eigenvalue weighted by molar-refractivity contribution is 9.10. The van der Waals surface area contributed by atoms with E-state index >= 15 is 0 Å². The molecule has 2 aromatic rings. The zero-order chi connectivity index (χ0) is 16.2. The van der Waals surface area contributed by atoms with Crippen molar-refractivity contribution in [2.45, 2.75) is 32.0 Å². The molecule has 0 amide bonds. The maximum absolute atomic E-state index is 6.19. The van der Waals surface area contributed by atoms with Crippen molar-refractivity contribution >= 4 is 33.2 Å². The molecule has 2 aliphatic rings. The first-order chi connectivity index (χ1) is 10.9. The summed E-state index contributed by atoms with van der Waals surface area (Å²) < 4.78 is 7.21. The van der Waals surface area contributed by atoms with Crippen molar-refractivity contribution in [1.29, 1.82) is 0 Å². The molecule has 1 atom stereocenters. The summed E-state index contributed by atoms with van der Waals surface area (Å²) in [6.07, 6.45) is 0.849. The molecule has 0 bridgehead atoms. The molecule has 4 rings (SSSR count). The van der Waals surface area contributed by atoms with Crippen molar-refractivity contribution in [3.63, 3.8) is 0 Å². The molecule has 5 heteroatoms. The van der Waals surface area contributed by atoms with Gasteiger partial charge in [0.25, 0.3) is 0 Å². The van der Waals surface area contributed by atoms with Crippen LogP contribution in [-0.4, -0.2) is 16.4 Å². The van der Waals surface area contributed by atoms with Crippen LogP contribution in [0.3, 0.4) is 0 Å². The summed E-state index contributed by atoms with van der Waals surface area (Å²) in [5, 5.41) is 7.64. The lowest BCUT2D eigenvalue weighted by atomic mass is 9.95. The summed E-state index contributed by atoms with van der Waals surface area (Å²) >= 11 is 9.67. The number of hydrazone groups is 1. The summed E-state index contributed by atoms with van der Waals surface area (Å²) in [5.41, 5.74) is 2.84. The first-order valence-electron chi connectivity index (χ1n) is 7.55. The molecule has 3 nitrogen and oxygen atoms in total. The summed E-state index contributed by atoms with van der Waals surface area (Å²) in [7, 11) is 0. The monoisotopic (exact) mass is 390 g/mol. The lowest BCUT2D eigenvalue weighted by molar-refractivity contribution is -0.0911. The van der Waals surface area contributed by atoms with Crippen LogP contribution in [0.5, 0.6) is 5.75 Å². The number of hydrogen-bond acceptors (Lipinski definition) is 3. The molecule has 0 aliphatic carbocycles. The van der Waals surface area contributed by atoms with E-state index in [9.17, 15) is 0 Å². The molecule has 0 radical (unpaired) electrons.